The maximum atomic E-state index is 11.9. The summed E-state index contributed by atoms with van der Waals surface area (Å²) in [6, 6.07) is 8.09. The van der Waals surface area contributed by atoms with Crippen LogP contribution in [-0.2, 0) is 0 Å². The Morgan fingerprint density at radius 1 is 1.29 bits per heavy atom. The topological polar surface area (TPSA) is 61.4 Å². The summed E-state index contributed by atoms with van der Waals surface area (Å²) in [4.78, 5) is 11.9. The highest BCUT2D eigenvalue weighted by molar-refractivity contribution is 5.74. The van der Waals surface area contributed by atoms with Crippen LogP contribution in [0.1, 0.15) is 49.7 Å². The highest BCUT2D eigenvalue weighted by Crippen LogP contribution is 2.18. The fraction of sp³-hybridized carbons (Fsp3) is 0.588. The van der Waals surface area contributed by atoms with Crippen LogP contribution in [0.2, 0.25) is 0 Å². The third kappa shape index (κ3) is 4.74. The zero-order valence-corrected chi connectivity index (χ0v) is 12.9. The van der Waals surface area contributed by atoms with Gasteiger partial charge in [0.15, 0.2) is 0 Å². The van der Waals surface area contributed by atoms with Gasteiger partial charge >= 0.3 is 6.03 Å². The predicted octanol–water partition coefficient (Wildman–Crippen LogP) is 2.70. The number of benzene rings is 1. The predicted molar refractivity (Wildman–Crippen MR) is 84.4 cm³/mol. The highest BCUT2D eigenvalue weighted by atomic mass is 16.3. The van der Waals surface area contributed by atoms with Crippen molar-refractivity contribution in [3.8, 4) is 0 Å². The summed E-state index contributed by atoms with van der Waals surface area (Å²) in [5, 5.41) is 15.6. The molecule has 1 aliphatic carbocycles. The first-order valence-corrected chi connectivity index (χ1v) is 7.85. The molecular formula is C17H26N2O2. The second kappa shape index (κ2) is 7.46. The first-order chi connectivity index (χ1) is 10.1. The van der Waals surface area contributed by atoms with Crippen molar-refractivity contribution in [1.29, 1.82) is 0 Å². The Labute approximate surface area is 126 Å². The maximum Gasteiger partial charge on any atom is 0.315 e. The van der Waals surface area contributed by atoms with Crippen LogP contribution in [0, 0.1) is 6.92 Å². The Morgan fingerprint density at radius 3 is 2.62 bits per heavy atom. The number of amides is 2. The second-order valence-corrected chi connectivity index (χ2v) is 6.12. The molecule has 3 unspecified atom stereocenters. The molecule has 2 rings (SSSR count). The molecule has 2 amide bonds. The summed E-state index contributed by atoms with van der Waals surface area (Å²) in [5.41, 5.74) is 2.46. The Hall–Kier alpha value is -1.55. The molecule has 4 nitrogen and oxygen atoms in total. The Morgan fingerprint density at radius 2 is 1.95 bits per heavy atom. The lowest BCUT2D eigenvalue weighted by Gasteiger charge is -2.28. The van der Waals surface area contributed by atoms with E-state index in [1.165, 1.54) is 11.1 Å². The minimum atomic E-state index is -0.404. The Kier molecular flexibility index (Phi) is 5.62. The number of aliphatic hydroxyl groups excluding tert-OH is 1. The van der Waals surface area contributed by atoms with Gasteiger partial charge in [-0.05, 0) is 31.2 Å². The number of rotatable bonds is 4. The first-order valence-electron chi connectivity index (χ1n) is 7.85. The molecule has 0 aromatic heterocycles. The van der Waals surface area contributed by atoms with Gasteiger partial charge in [-0.3, -0.25) is 0 Å². The van der Waals surface area contributed by atoms with Crippen molar-refractivity contribution in [2.45, 2.75) is 57.6 Å². The summed E-state index contributed by atoms with van der Waals surface area (Å²) in [6.45, 7) is 4.76. The van der Waals surface area contributed by atoms with Gasteiger partial charge in [0.25, 0.3) is 0 Å². The molecule has 0 bridgehead atoms. The number of aryl methyl sites for hydroxylation is 1. The van der Waals surface area contributed by atoms with Crippen molar-refractivity contribution in [1.82, 2.24) is 10.6 Å². The number of nitrogens with one attached hydrogen (secondary N) is 2. The summed E-state index contributed by atoms with van der Waals surface area (Å²) >= 11 is 0. The van der Waals surface area contributed by atoms with E-state index in [-0.39, 0.29) is 18.0 Å². The Balaban J connectivity index is 1.76. The molecule has 0 saturated heterocycles. The van der Waals surface area contributed by atoms with Gasteiger partial charge in [0.1, 0.15) is 0 Å². The van der Waals surface area contributed by atoms with Crippen molar-refractivity contribution in [2.24, 2.45) is 0 Å². The van der Waals surface area contributed by atoms with Gasteiger partial charge in [0.2, 0.25) is 0 Å². The smallest absolute Gasteiger partial charge is 0.315 e. The van der Waals surface area contributed by atoms with Crippen molar-refractivity contribution in [2.75, 3.05) is 6.54 Å². The highest BCUT2D eigenvalue weighted by Gasteiger charge is 2.24. The molecule has 4 heteroatoms. The van der Waals surface area contributed by atoms with E-state index in [4.69, 9.17) is 0 Å². The zero-order chi connectivity index (χ0) is 15.2. The molecule has 1 aliphatic rings. The summed E-state index contributed by atoms with van der Waals surface area (Å²) < 4.78 is 0. The van der Waals surface area contributed by atoms with Gasteiger partial charge in [0, 0.05) is 6.54 Å². The molecule has 3 N–H and O–H groups in total. The SMILES string of the molecule is Cc1ccc(C(C)CNC(=O)NC2CCCCC2O)cc1. The van der Waals surface area contributed by atoms with Crippen LogP contribution >= 0.6 is 0 Å². The van der Waals surface area contributed by atoms with E-state index in [9.17, 15) is 9.90 Å². The molecular weight excluding hydrogens is 264 g/mol. The lowest BCUT2D eigenvalue weighted by Crippen LogP contribution is -2.49. The van der Waals surface area contributed by atoms with E-state index in [1.54, 1.807) is 0 Å². The van der Waals surface area contributed by atoms with Crippen LogP contribution in [0.25, 0.3) is 0 Å². The molecule has 0 heterocycles. The van der Waals surface area contributed by atoms with Gasteiger partial charge in [-0.15, -0.1) is 0 Å². The van der Waals surface area contributed by atoms with Crippen LogP contribution in [0.4, 0.5) is 4.79 Å². The lowest BCUT2D eigenvalue weighted by molar-refractivity contribution is 0.0943. The minimum absolute atomic E-state index is 0.103. The van der Waals surface area contributed by atoms with E-state index in [1.807, 2.05) is 0 Å². The maximum absolute atomic E-state index is 11.9. The van der Waals surface area contributed by atoms with Crippen molar-refractivity contribution >= 4 is 6.03 Å². The molecule has 3 atom stereocenters. The third-order valence-electron chi connectivity index (χ3n) is 4.26. The second-order valence-electron chi connectivity index (χ2n) is 6.12. The Bertz CT molecular complexity index is 458. The average Bonchev–Trinajstić information content (AvgIpc) is 2.48. The monoisotopic (exact) mass is 290 g/mol. The van der Waals surface area contributed by atoms with Crippen molar-refractivity contribution in [3.05, 3.63) is 35.4 Å². The van der Waals surface area contributed by atoms with E-state index >= 15 is 0 Å². The molecule has 1 saturated carbocycles. The van der Waals surface area contributed by atoms with Gasteiger partial charge in [0.05, 0.1) is 12.1 Å². The van der Waals surface area contributed by atoms with Crippen LogP contribution < -0.4 is 10.6 Å². The summed E-state index contributed by atoms with van der Waals surface area (Å²) in [6.07, 6.45) is 3.36. The minimum Gasteiger partial charge on any atom is -0.391 e. The van der Waals surface area contributed by atoms with Crippen LogP contribution in [0.3, 0.4) is 0 Å². The van der Waals surface area contributed by atoms with Gasteiger partial charge in [-0.25, -0.2) is 4.79 Å². The molecule has 0 radical (unpaired) electrons. The number of carbonyl (C=O) groups is 1. The first kappa shape index (κ1) is 15.8. The molecule has 0 aliphatic heterocycles. The number of urea groups is 1. The van der Waals surface area contributed by atoms with E-state index in [0.29, 0.717) is 6.54 Å². The van der Waals surface area contributed by atoms with Crippen molar-refractivity contribution < 1.29 is 9.90 Å². The normalized spacial score (nSPS) is 23.4. The van der Waals surface area contributed by atoms with Gasteiger partial charge in [-0.2, -0.15) is 0 Å². The number of hydrogen-bond donors (Lipinski definition) is 3. The molecule has 116 valence electrons. The molecule has 0 spiro atoms. The zero-order valence-electron chi connectivity index (χ0n) is 12.9. The van der Waals surface area contributed by atoms with Crippen LogP contribution in [-0.4, -0.2) is 29.8 Å². The number of carbonyl (C=O) groups excluding carboxylic acids is 1. The third-order valence-corrected chi connectivity index (χ3v) is 4.26. The molecule has 1 aromatic carbocycles. The van der Waals surface area contributed by atoms with E-state index in [2.05, 4.69) is 48.7 Å². The standard InChI is InChI=1S/C17H26N2O2/c1-12-7-9-14(10-8-12)13(2)11-18-17(21)19-15-5-3-4-6-16(15)20/h7-10,13,15-16,20H,3-6,11H2,1-2H3,(H2,18,19,21). The van der Waals surface area contributed by atoms with Gasteiger partial charge < -0.3 is 15.7 Å². The fourth-order valence-corrected chi connectivity index (χ4v) is 2.76. The number of hydrogen-bond acceptors (Lipinski definition) is 2. The van der Waals surface area contributed by atoms with Crippen LogP contribution in [0.15, 0.2) is 24.3 Å². The number of aliphatic hydroxyl groups is 1. The lowest BCUT2D eigenvalue weighted by atomic mass is 9.93. The molecule has 1 fully saturated rings. The van der Waals surface area contributed by atoms with Crippen LogP contribution in [0.5, 0.6) is 0 Å². The summed E-state index contributed by atoms with van der Waals surface area (Å²) in [7, 11) is 0. The fourth-order valence-electron chi connectivity index (χ4n) is 2.76. The molecule has 1 aromatic rings. The molecule has 21 heavy (non-hydrogen) atoms. The van der Waals surface area contributed by atoms with E-state index < -0.39 is 6.10 Å². The van der Waals surface area contributed by atoms with E-state index in [0.717, 1.165) is 25.7 Å². The van der Waals surface area contributed by atoms with Crippen molar-refractivity contribution in [3.63, 3.8) is 0 Å². The largest absolute Gasteiger partial charge is 0.391 e. The van der Waals surface area contributed by atoms with Gasteiger partial charge in [-0.1, -0.05) is 49.6 Å². The quantitative estimate of drug-likeness (QED) is 0.798. The average molecular weight is 290 g/mol. The summed E-state index contributed by atoms with van der Waals surface area (Å²) in [5.74, 6) is 0.271.